The van der Waals surface area contributed by atoms with E-state index >= 15 is 0 Å². The van der Waals surface area contributed by atoms with E-state index in [1.807, 2.05) is 59.5 Å². The lowest BCUT2D eigenvalue weighted by Crippen LogP contribution is -2.53. The van der Waals surface area contributed by atoms with Crippen LogP contribution >= 0.6 is 0 Å². The van der Waals surface area contributed by atoms with Gasteiger partial charge in [-0.05, 0) is 43.7 Å². The number of nitrogens with zero attached hydrogens (tertiary/aromatic N) is 4. The van der Waals surface area contributed by atoms with Crippen LogP contribution in [0.1, 0.15) is 39.5 Å². The van der Waals surface area contributed by atoms with Gasteiger partial charge in [-0.2, -0.15) is 0 Å². The van der Waals surface area contributed by atoms with E-state index in [0.29, 0.717) is 32.1 Å². The fourth-order valence-electron chi connectivity index (χ4n) is 5.16. The number of aromatic nitrogens is 2. The Morgan fingerprint density at radius 1 is 0.935 bits per heavy atom. The van der Waals surface area contributed by atoms with Gasteiger partial charge in [0.05, 0.1) is 11.0 Å². The van der Waals surface area contributed by atoms with Gasteiger partial charge in [0.1, 0.15) is 0 Å². The van der Waals surface area contributed by atoms with Gasteiger partial charge in [-0.15, -0.1) is 0 Å². The average molecular weight is 427 g/mol. The van der Waals surface area contributed by atoms with Crippen LogP contribution in [0.3, 0.4) is 0 Å². The van der Waals surface area contributed by atoms with E-state index in [0.717, 1.165) is 43.3 Å². The summed E-state index contributed by atoms with van der Waals surface area (Å²) in [6.45, 7) is 7.13. The van der Waals surface area contributed by atoms with Crippen molar-refractivity contribution in [3.63, 3.8) is 0 Å². The first-order chi connectivity index (χ1) is 14.9. The van der Waals surface area contributed by atoms with Crippen molar-refractivity contribution in [2.75, 3.05) is 26.2 Å². The minimum Gasteiger partial charge on any atom is -0.339 e. The Hall–Kier alpha value is -2.57. The quantitative estimate of drug-likeness (QED) is 0.754. The summed E-state index contributed by atoms with van der Waals surface area (Å²) in [4.78, 5) is 41.7. The van der Waals surface area contributed by atoms with Gasteiger partial charge >= 0.3 is 5.69 Å². The highest BCUT2D eigenvalue weighted by atomic mass is 16.2. The molecule has 0 bridgehead atoms. The van der Waals surface area contributed by atoms with Crippen LogP contribution in [0.25, 0.3) is 11.0 Å². The molecule has 7 nitrogen and oxygen atoms in total. The van der Waals surface area contributed by atoms with Gasteiger partial charge in [0.15, 0.2) is 0 Å². The molecule has 2 amide bonds. The number of amides is 2. The van der Waals surface area contributed by atoms with Crippen molar-refractivity contribution in [1.29, 1.82) is 0 Å². The Labute approximate surface area is 183 Å². The Morgan fingerprint density at radius 2 is 1.52 bits per heavy atom. The van der Waals surface area contributed by atoms with Gasteiger partial charge in [-0.3, -0.25) is 18.7 Å². The summed E-state index contributed by atoms with van der Waals surface area (Å²) in [6, 6.07) is 7.93. The molecule has 1 saturated carbocycles. The monoisotopic (exact) mass is 426 g/mol. The van der Waals surface area contributed by atoms with E-state index < -0.39 is 0 Å². The lowest BCUT2D eigenvalue weighted by atomic mass is 9.81. The van der Waals surface area contributed by atoms with Crippen molar-refractivity contribution in [1.82, 2.24) is 18.9 Å². The lowest BCUT2D eigenvalue weighted by Gasteiger charge is -2.38. The molecule has 168 valence electrons. The largest absolute Gasteiger partial charge is 0.339 e. The summed E-state index contributed by atoms with van der Waals surface area (Å²) in [5.74, 6) is 0.932. The minimum absolute atomic E-state index is 0.00627. The molecule has 1 saturated heterocycles. The second kappa shape index (κ2) is 8.89. The number of rotatable bonds is 4. The second-order valence-electron chi connectivity index (χ2n) is 9.46. The number of benzene rings is 1. The summed E-state index contributed by atoms with van der Waals surface area (Å²) in [7, 11) is 1.82. The Balaban J connectivity index is 1.32. The van der Waals surface area contributed by atoms with Crippen LogP contribution in [0.5, 0.6) is 0 Å². The van der Waals surface area contributed by atoms with Crippen molar-refractivity contribution < 1.29 is 9.59 Å². The molecule has 1 aliphatic heterocycles. The maximum Gasteiger partial charge on any atom is 0.328 e. The third kappa shape index (κ3) is 4.27. The van der Waals surface area contributed by atoms with Crippen LogP contribution < -0.4 is 5.69 Å². The maximum absolute atomic E-state index is 13.0. The minimum atomic E-state index is 0.00627. The number of fused-ring (bicyclic) bond motifs is 1. The van der Waals surface area contributed by atoms with Crippen molar-refractivity contribution >= 4 is 22.8 Å². The highest BCUT2D eigenvalue weighted by Gasteiger charge is 2.32. The first-order valence-electron chi connectivity index (χ1n) is 11.6. The third-order valence-electron chi connectivity index (χ3n) is 7.09. The Bertz CT molecular complexity index is 1010. The molecule has 2 heterocycles. The summed E-state index contributed by atoms with van der Waals surface area (Å²) in [6.07, 6.45) is 3.71. The number of hydrogen-bond acceptors (Lipinski definition) is 3. The van der Waals surface area contributed by atoms with Gasteiger partial charge in [-0.25, -0.2) is 4.79 Å². The van der Waals surface area contributed by atoms with Crippen LogP contribution in [0.4, 0.5) is 0 Å². The molecule has 1 aliphatic carbocycles. The molecule has 2 aromatic rings. The van der Waals surface area contributed by atoms with Crippen molar-refractivity contribution in [2.45, 2.75) is 46.1 Å². The molecule has 0 spiro atoms. The molecular weight excluding hydrogens is 392 g/mol. The van der Waals surface area contributed by atoms with E-state index in [4.69, 9.17) is 0 Å². The predicted octanol–water partition coefficient (Wildman–Crippen LogP) is 2.47. The third-order valence-corrected chi connectivity index (χ3v) is 7.09. The molecule has 0 N–H and O–H groups in total. The molecular formula is C24H34N4O3. The number of imidazole rings is 1. The first kappa shape index (κ1) is 21.7. The molecule has 0 radical (unpaired) electrons. The Kier molecular flexibility index (Phi) is 6.21. The predicted molar refractivity (Wildman–Crippen MR) is 121 cm³/mol. The average Bonchev–Trinajstić information content (AvgIpc) is 3.03. The van der Waals surface area contributed by atoms with Crippen molar-refractivity contribution in [3.05, 3.63) is 34.7 Å². The van der Waals surface area contributed by atoms with Crippen LogP contribution in [-0.2, 0) is 23.2 Å². The molecule has 31 heavy (non-hydrogen) atoms. The number of piperazine rings is 1. The fourth-order valence-corrected chi connectivity index (χ4v) is 5.16. The summed E-state index contributed by atoms with van der Waals surface area (Å²) >= 11 is 0. The maximum atomic E-state index is 13.0. The highest BCUT2D eigenvalue weighted by molar-refractivity contribution is 5.81. The van der Waals surface area contributed by atoms with Crippen LogP contribution in [-0.4, -0.2) is 56.9 Å². The van der Waals surface area contributed by atoms with E-state index in [-0.39, 0.29) is 29.3 Å². The highest BCUT2D eigenvalue weighted by Crippen LogP contribution is 2.32. The smallest absolute Gasteiger partial charge is 0.328 e. The first-order valence-corrected chi connectivity index (χ1v) is 11.6. The van der Waals surface area contributed by atoms with Crippen molar-refractivity contribution in [2.24, 2.45) is 24.8 Å². The van der Waals surface area contributed by atoms with E-state index in [2.05, 4.69) is 0 Å². The van der Waals surface area contributed by atoms with Gasteiger partial charge in [0.25, 0.3) is 0 Å². The van der Waals surface area contributed by atoms with Gasteiger partial charge in [0, 0.05) is 51.6 Å². The zero-order valence-corrected chi connectivity index (χ0v) is 18.9. The van der Waals surface area contributed by atoms with E-state index in [1.54, 1.807) is 4.57 Å². The summed E-state index contributed by atoms with van der Waals surface area (Å²) in [5, 5.41) is 0. The molecule has 0 atom stereocenters. The van der Waals surface area contributed by atoms with E-state index in [1.165, 1.54) is 0 Å². The molecule has 2 fully saturated rings. The Morgan fingerprint density at radius 3 is 2.13 bits per heavy atom. The van der Waals surface area contributed by atoms with Crippen LogP contribution in [0.15, 0.2) is 29.1 Å². The standard InChI is InChI=1S/C24H34N4O3/c1-17(2)22(29)26-12-14-27(15-13-26)23(30)19-10-8-18(9-11-19)16-28-21-7-5-4-6-20(21)25(3)24(28)31/h4-7,17-19H,8-16H2,1-3H3. The molecule has 0 unspecified atom stereocenters. The van der Waals surface area contributed by atoms with Crippen molar-refractivity contribution in [3.8, 4) is 0 Å². The summed E-state index contributed by atoms with van der Waals surface area (Å²) < 4.78 is 3.61. The van der Waals surface area contributed by atoms with Crippen LogP contribution in [0, 0.1) is 17.8 Å². The molecule has 7 heteroatoms. The molecule has 1 aromatic carbocycles. The zero-order chi connectivity index (χ0) is 22.1. The number of hydrogen-bond donors (Lipinski definition) is 0. The van der Waals surface area contributed by atoms with E-state index in [9.17, 15) is 14.4 Å². The topological polar surface area (TPSA) is 67.6 Å². The molecule has 4 rings (SSSR count). The summed E-state index contributed by atoms with van der Waals surface area (Å²) in [5.41, 5.74) is 1.99. The van der Waals surface area contributed by atoms with Crippen LogP contribution in [0.2, 0.25) is 0 Å². The number of para-hydroxylation sites is 2. The fraction of sp³-hybridized carbons (Fsp3) is 0.625. The molecule has 1 aromatic heterocycles. The number of carbonyl (C=O) groups excluding carboxylic acids is 2. The van der Waals surface area contributed by atoms with Gasteiger partial charge in [-0.1, -0.05) is 26.0 Å². The second-order valence-corrected chi connectivity index (χ2v) is 9.46. The van der Waals surface area contributed by atoms with Gasteiger partial charge < -0.3 is 9.80 Å². The number of aryl methyl sites for hydroxylation is 1. The SMILES string of the molecule is CC(C)C(=O)N1CCN(C(=O)C2CCC(Cn3c(=O)n(C)c4ccccc43)CC2)CC1. The van der Waals surface area contributed by atoms with Gasteiger partial charge in [0.2, 0.25) is 11.8 Å². The normalized spacial score (nSPS) is 22.3. The molecule has 2 aliphatic rings. The lowest BCUT2D eigenvalue weighted by molar-refractivity contribution is -0.144. The zero-order valence-electron chi connectivity index (χ0n) is 18.9. The number of carbonyl (C=O) groups is 2.